The number of carbonyl (C=O) groups is 1. The Morgan fingerprint density at radius 3 is 2.60 bits per heavy atom. The number of ether oxygens (including phenoxy) is 1. The lowest BCUT2D eigenvalue weighted by atomic mass is 10.2. The number of rotatable bonds is 1. The molecule has 0 bridgehead atoms. The Bertz CT molecular complexity index is 119. The largest absolute Gasteiger partial charge is 0.463 e. The normalized spacial score (nSPS) is 20.5. The van der Waals surface area contributed by atoms with Crippen LogP contribution in [0.1, 0.15) is 19.8 Å². The Hall–Kier alpha value is -0.180. The van der Waals surface area contributed by atoms with Crippen molar-refractivity contribution in [1.29, 1.82) is 0 Å². The van der Waals surface area contributed by atoms with Crippen molar-refractivity contribution in [3.63, 3.8) is 0 Å². The van der Waals surface area contributed by atoms with Crippen molar-refractivity contribution in [1.82, 2.24) is 0 Å². The summed E-state index contributed by atoms with van der Waals surface area (Å²) in [5, 5.41) is 0. The molecule has 0 amide bonds. The Balaban J connectivity index is 2.19. The fourth-order valence-corrected chi connectivity index (χ4v) is 2.09. The smallest absolute Gasteiger partial charge is 0.302 e. The van der Waals surface area contributed by atoms with Gasteiger partial charge in [-0.3, -0.25) is 4.79 Å². The van der Waals surface area contributed by atoms with Crippen LogP contribution in [0.2, 0.25) is 0 Å². The van der Waals surface area contributed by atoms with Gasteiger partial charge in [-0.2, -0.15) is 11.8 Å². The SMILES string of the molecule is CC(=O)OC1CCSCC1. The monoisotopic (exact) mass is 160 g/mol. The van der Waals surface area contributed by atoms with Crippen LogP contribution >= 0.6 is 11.8 Å². The molecule has 10 heavy (non-hydrogen) atoms. The minimum Gasteiger partial charge on any atom is -0.463 e. The van der Waals surface area contributed by atoms with Crippen molar-refractivity contribution in [2.75, 3.05) is 11.5 Å². The molecule has 0 aliphatic carbocycles. The molecule has 0 radical (unpaired) electrons. The molecular weight excluding hydrogens is 148 g/mol. The third-order valence-corrected chi connectivity index (χ3v) is 2.55. The van der Waals surface area contributed by atoms with E-state index in [0.29, 0.717) is 0 Å². The molecule has 0 saturated carbocycles. The van der Waals surface area contributed by atoms with Crippen molar-refractivity contribution in [2.45, 2.75) is 25.9 Å². The first-order chi connectivity index (χ1) is 4.79. The van der Waals surface area contributed by atoms with Gasteiger partial charge >= 0.3 is 5.97 Å². The Labute approximate surface area is 65.3 Å². The van der Waals surface area contributed by atoms with Crippen molar-refractivity contribution in [3.8, 4) is 0 Å². The predicted octanol–water partition coefficient (Wildman–Crippen LogP) is 1.45. The summed E-state index contributed by atoms with van der Waals surface area (Å²) in [5.41, 5.74) is 0. The summed E-state index contributed by atoms with van der Waals surface area (Å²) in [4.78, 5) is 10.5. The van der Waals surface area contributed by atoms with Crippen LogP contribution in [0.25, 0.3) is 0 Å². The third kappa shape index (κ3) is 2.60. The van der Waals surface area contributed by atoms with E-state index in [9.17, 15) is 4.79 Å². The van der Waals surface area contributed by atoms with E-state index < -0.39 is 0 Å². The summed E-state index contributed by atoms with van der Waals surface area (Å²) < 4.78 is 5.04. The standard InChI is InChI=1S/C7H12O2S/c1-6(8)9-7-2-4-10-5-3-7/h7H,2-5H2,1H3. The second kappa shape index (κ2) is 3.86. The molecule has 0 aromatic heterocycles. The molecule has 1 aliphatic rings. The molecule has 1 heterocycles. The minimum absolute atomic E-state index is 0.142. The molecule has 0 aromatic rings. The second-order valence-corrected chi connectivity index (χ2v) is 3.65. The van der Waals surface area contributed by atoms with Gasteiger partial charge in [-0.1, -0.05) is 0 Å². The van der Waals surface area contributed by atoms with Crippen LogP contribution in [0, 0.1) is 0 Å². The van der Waals surface area contributed by atoms with Crippen LogP contribution in [-0.4, -0.2) is 23.6 Å². The van der Waals surface area contributed by atoms with E-state index in [2.05, 4.69) is 0 Å². The number of thioether (sulfide) groups is 1. The van der Waals surface area contributed by atoms with Gasteiger partial charge in [0.1, 0.15) is 6.10 Å². The number of esters is 1. The molecule has 0 aromatic carbocycles. The van der Waals surface area contributed by atoms with E-state index in [-0.39, 0.29) is 12.1 Å². The van der Waals surface area contributed by atoms with Crippen molar-refractivity contribution >= 4 is 17.7 Å². The minimum atomic E-state index is -0.142. The Kier molecular flexibility index (Phi) is 3.06. The summed E-state index contributed by atoms with van der Waals surface area (Å²) in [6, 6.07) is 0. The summed E-state index contributed by atoms with van der Waals surface area (Å²) in [7, 11) is 0. The summed E-state index contributed by atoms with van der Waals surface area (Å²) in [5.74, 6) is 2.13. The first kappa shape index (κ1) is 7.92. The molecule has 1 fully saturated rings. The van der Waals surface area contributed by atoms with Crippen LogP contribution in [0.4, 0.5) is 0 Å². The van der Waals surface area contributed by atoms with Gasteiger partial charge in [0, 0.05) is 6.92 Å². The van der Waals surface area contributed by atoms with Crippen molar-refractivity contribution in [3.05, 3.63) is 0 Å². The molecule has 0 atom stereocenters. The van der Waals surface area contributed by atoms with E-state index in [1.165, 1.54) is 6.92 Å². The zero-order valence-corrected chi connectivity index (χ0v) is 6.95. The molecule has 0 unspecified atom stereocenters. The van der Waals surface area contributed by atoms with Gasteiger partial charge in [0.25, 0.3) is 0 Å². The van der Waals surface area contributed by atoms with Gasteiger partial charge in [0.2, 0.25) is 0 Å². The summed E-state index contributed by atoms with van der Waals surface area (Å²) in [6.45, 7) is 1.47. The fraction of sp³-hybridized carbons (Fsp3) is 0.857. The Morgan fingerprint density at radius 2 is 2.10 bits per heavy atom. The zero-order valence-electron chi connectivity index (χ0n) is 6.13. The van der Waals surface area contributed by atoms with E-state index in [1.807, 2.05) is 11.8 Å². The van der Waals surface area contributed by atoms with E-state index >= 15 is 0 Å². The number of carbonyl (C=O) groups excluding carboxylic acids is 1. The van der Waals surface area contributed by atoms with Crippen LogP contribution in [0.5, 0.6) is 0 Å². The van der Waals surface area contributed by atoms with Gasteiger partial charge < -0.3 is 4.74 Å². The van der Waals surface area contributed by atoms with Crippen molar-refractivity contribution in [2.24, 2.45) is 0 Å². The molecular formula is C7H12O2S. The summed E-state index contributed by atoms with van der Waals surface area (Å²) >= 11 is 1.93. The molecule has 1 saturated heterocycles. The first-order valence-corrected chi connectivity index (χ1v) is 4.69. The average Bonchev–Trinajstić information content (AvgIpc) is 1.88. The maximum absolute atomic E-state index is 10.5. The van der Waals surface area contributed by atoms with Crippen molar-refractivity contribution < 1.29 is 9.53 Å². The molecule has 2 nitrogen and oxygen atoms in total. The average molecular weight is 160 g/mol. The zero-order chi connectivity index (χ0) is 7.40. The predicted molar refractivity (Wildman–Crippen MR) is 42.1 cm³/mol. The first-order valence-electron chi connectivity index (χ1n) is 3.54. The molecule has 1 rings (SSSR count). The van der Waals surface area contributed by atoms with Gasteiger partial charge in [0.15, 0.2) is 0 Å². The van der Waals surface area contributed by atoms with Crippen LogP contribution in [0.15, 0.2) is 0 Å². The molecule has 3 heteroatoms. The molecule has 1 aliphatic heterocycles. The molecule has 58 valence electrons. The fourth-order valence-electron chi connectivity index (χ4n) is 1.03. The highest BCUT2D eigenvalue weighted by molar-refractivity contribution is 7.99. The lowest BCUT2D eigenvalue weighted by Gasteiger charge is -2.20. The quantitative estimate of drug-likeness (QED) is 0.543. The van der Waals surface area contributed by atoms with Crippen LogP contribution in [-0.2, 0) is 9.53 Å². The lowest BCUT2D eigenvalue weighted by Crippen LogP contribution is -2.21. The van der Waals surface area contributed by atoms with Crippen LogP contribution in [0.3, 0.4) is 0 Å². The van der Waals surface area contributed by atoms with Gasteiger partial charge in [0.05, 0.1) is 0 Å². The number of hydrogen-bond donors (Lipinski definition) is 0. The lowest BCUT2D eigenvalue weighted by molar-refractivity contribution is -0.146. The third-order valence-electron chi connectivity index (χ3n) is 1.50. The number of hydrogen-bond acceptors (Lipinski definition) is 3. The highest BCUT2D eigenvalue weighted by Crippen LogP contribution is 2.19. The maximum Gasteiger partial charge on any atom is 0.302 e. The molecule has 0 spiro atoms. The van der Waals surface area contributed by atoms with E-state index in [4.69, 9.17) is 4.74 Å². The van der Waals surface area contributed by atoms with Gasteiger partial charge in [-0.25, -0.2) is 0 Å². The second-order valence-electron chi connectivity index (χ2n) is 2.42. The summed E-state index contributed by atoms with van der Waals surface area (Å²) in [6.07, 6.45) is 2.27. The van der Waals surface area contributed by atoms with Gasteiger partial charge in [-0.05, 0) is 24.3 Å². The Morgan fingerprint density at radius 1 is 1.50 bits per heavy atom. The highest BCUT2D eigenvalue weighted by atomic mass is 32.2. The van der Waals surface area contributed by atoms with E-state index in [0.717, 1.165) is 24.3 Å². The van der Waals surface area contributed by atoms with Crippen LogP contribution < -0.4 is 0 Å². The maximum atomic E-state index is 10.5. The topological polar surface area (TPSA) is 26.3 Å². The van der Waals surface area contributed by atoms with E-state index in [1.54, 1.807) is 0 Å². The molecule has 0 N–H and O–H groups in total. The highest BCUT2D eigenvalue weighted by Gasteiger charge is 2.15. The van der Waals surface area contributed by atoms with Gasteiger partial charge in [-0.15, -0.1) is 0 Å².